The Bertz CT molecular complexity index is 694. The van der Waals surface area contributed by atoms with Crippen LogP contribution in [0.4, 0.5) is 11.4 Å². The average molecular weight is 321 g/mol. The minimum atomic E-state index is -0.462. The molecule has 0 saturated heterocycles. The van der Waals surface area contributed by atoms with Crippen LogP contribution < -0.4 is 11.1 Å². The van der Waals surface area contributed by atoms with Gasteiger partial charge in [0.1, 0.15) is 0 Å². The molecule has 2 aromatic carbocycles. The van der Waals surface area contributed by atoms with Crippen molar-refractivity contribution < 1.29 is 4.79 Å². The molecule has 0 atom stereocenters. The van der Waals surface area contributed by atoms with Gasteiger partial charge in [-0.15, -0.1) is 0 Å². The van der Waals surface area contributed by atoms with E-state index in [0.717, 1.165) is 18.4 Å². The van der Waals surface area contributed by atoms with E-state index in [0.29, 0.717) is 21.4 Å². The molecule has 0 spiro atoms. The van der Waals surface area contributed by atoms with Gasteiger partial charge < -0.3 is 11.1 Å². The number of carbonyl (C=O) groups excluding carboxylic acids is 1. The predicted molar refractivity (Wildman–Crippen MR) is 86.9 cm³/mol. The van der Waals surface area contributed by atoms with Gasteiger partial charge >= 0.3 is 0 Å². The zero-order chi connectivity index (χ0) is 15.0. The fraction of sp³-hybridized carbons (Fsp3) is 0.188. The third kappa shape index (κ3) is 2.71. The van der Waals surface area contributed by atoms with E-state index in [-0.39, 0.29) is 5.91 Å². The SMILES string of the molecule is Nc1ccc(C2(C(=O)Nc3ccc(Cl)cc3Cl)CC2)cc1. The average Bonchev–Trinajstić information content (AvgIpc) is 3.24. The molecule has 0 bridgehead atoms. The summed E-state index contributed by atoms with van der Waals surface area (Å²) in [4.78, 5) is 12.6. The number of nitrogens with two attached hydrogens (primary N) is 1. The van der Waals surface area contributed by atoms with Crippen LogP contribution in [0.3, 0.4) is 0 Å². The van der Waals surface area contributed by atoms with E-state index >= 15 is 0 Å². The largest absolute Gasteiger partial charge is 0.399 e. The van der Waals surface area contributed by atoms with E-state index in [2.05, 4.69) is 5.32 Å². The highest BCUT2D eigenvalue weighted by atomic mass is 35.5. The van der Waals surface area contributed by atoms with E-state index < -0.39 is 5.41 Å². The second-order valence-corrected chi connectivity index (χ2v) is 6.13. The number of nitrogen functional groups attached to an aromatic ring is 1. The summed E-state index contributed by atoms with van der Waals surface area (Å²) in [6.07, 6.45) is 1.65. The van der Waals surface area contributed by atoms with Gasteiger partial charge in [0.15, 0.2) is 0 Å². The first-order chi connectivity index (χ1) is 10.0. The monoisotopic (exact) mass is 320 g/mol. The second-order valence-electron chi connectivity index (χ2n) is 5.28. The molecule has 0 radical (unpaired) electrons. The lowest BCUT2D eigenvalue weighted by Crippen LogP contribution is -2.27. The molecule has 0 unspecified atom stereocenters. The van der Waals surface area contributed by atoms with Crippen LogP contribution in [0, 0.1) is 0 Å². The first-order valence-electron chi connectivity index (χ1n) is 6.64. The number of nitrogens with one attached hydrogen (secondary N) is 1. The molecule has 3 N–H and O–H groups in total. The molecule has 1 aliphatic carbocycles. The van der Waals surface area contributed by atoms with Crippen LogP contribution in [0.25, 0.3) is 0 Å². The number of hydrogen-bond donors (Lipinski definition) is 2. The maximum atomic E-state index is 12.6. The van der Waals surface area contributed by atoms with Gasteiger partial charge in [0.25, 0.3) is 0 Å². The van der Waals surface area contributed by atoms with Crippen LogP contribution in [0.1, 0.15) is 18.4 Å². The fourth-order valence-corrected chi connectivity index (χ4v) is 2.86. The molecule has 108 valence electrons. The number of rotatable bonds is 3. The van der Waals surface area contributed by atoms with Crippen molar-refractivity contribution in [2.24, 2.45) is 0 Å². The van der Waals surface area contributed by atoms with Gasteiger partial charge in [-0.2, -0.15) is 0 Å². The van der Waals surface area contributed by atoms with Crippen molar-refractivity contribution in [3.63, 3.8) is 0 Å². The highest BCUT2D eigenvalue weighted by Gasteiger charge is 2.51. The Labute approximate surface area is 133 Å². The van der Waals surface area contributed by atoms with E-state index in [4.69, 9.17) is 28.9 Å². The zero-order valence-corrected chi connectivity index (χ0v) is 12.7. The molecule has 1 aliphatic rings. The van der Waals surface area contributed by atoms with Crippen LogP contribution in [0.2, 0.25) is 10.0 Å². The lowest BCUT2D eigenvalue weighted by molar-refractivity contribution is -0.118. The lowest BCUT2D eigenvalue weighted by Gasteiger charge is -2.16. The molecule has 3 rings (SSSR count). The summed E-state index contributed by atoms with van der Waals surface area (Å²) < 4.78 is 0. The number of anilines is 2. The van der Waals surface area contributed by atoms with Crippen molar-refractivity contribution in [3.8, 4) is 0 Å². The van der Waals surface area contributed by atoms with E-state index in [1.165, 1.54) is 0 Å². The van der Waals surface area contributed by atoms with E-state index in [1.807, 2.05) is 24.3 Å². The van der Waals surface area contributed by atoms with Gasteiger partial charge in [-0.25, -0.2) is 0 Å². The molecule has 1 amide bonds. The molecule has 0 aromatic heterocycles. The molecule has 1 saturated carbocycles. The first-order valence-corrected chi connectivity index (χ1v) is 7.39. The van der Waals surface area contributed by atoms with E-state index in [9.17, 15) is 4.79 Å². The van der Waals surface area contributed by atoms with Crippen molar-refractivity contribution in [2.45, 2.75) is 18.3 Å². The van der Waals surface area contributed by atoms with Crippen LogP contribution in [-0.2, 0) is 10.2 Å². The highest BCUT2D eigenvalue weighted by molar-refractivity contribution is 6.36. The minimum absolute atomic E-state index is 0.0449. The Hall–Kier alpha value is -1.71. The van der Waals surface area contributed by atoms with Gasteiger partial charge in [-0.1, -0.05) is 35.3 Å². The van der Waals surface area contributed by atoms with Crippen molar-refractivity contribution in [3.05, 3.63) is 58.1 Å². The molecule has 21 heavy (non-hydrogen) atoms. The second kappa shape index (κ2) is 5.24. The van der Waals surface area contributed by atoms with Crippen LogP contribution in [0.15, 0.2) is 42.5 Å². The fourth-order valence-electron chi connectivity index (χ4n) is 2.41. The smallest absolute Gasteiger partial charge is 0.235 e. The van der Waals surface area contributed by atoms with Crippen LogP contribution in [-0.4, -0.2) is 5.91 Å². The molecular formula is C16H14Cl2N2O. The van der Waals surface area contributed by atoms with Gasteiger partial charge in [0, 0.05) is 10.7 Å². The Morgan fingerprint density at radius 1 is 1.10 bits per heavy atom. The molecular weight excluding hydrogens is 307 g/mol. The molecule has 1 fully saturated rings. The number of benzene rings is 2. The summed E-state index contributed by atoms with van der Waals surface area (Å²) in [5.41, 5.74) is 7.48. The highest BCUT2D eigenvalue weighted by Crippen LogP contribution is 2.49. The maximum Gasteiger partial charge on any atom is 0.235 e. The van der Waals surface area contributed by atoms with E-state index in [1.54, 1.807) is 18.2 Å². The van der Waals surface area contributed by atoms with Gasteiger partial charge in [-0.05, 0) is 48.7 Å². The van der Waals surface area contributed by atoms with Gasteiger partial charge in [0.05, 0.1) is 16.1 Å². The number of carbonyl (C=O) groups is 1. The van der Waals surface area contributed by atoms with Crippen LogP contribution >= 0.6 is 23.2 Å². The summed E-state index contributed by atoms with van der Waals surface area (Å²) in [6.45, 7) is 0. The summed E-state index contributed by atoms with van der Waals surface area (Å²) in [5, 5.41) is 3.87. The van der Waals surface area contributed by atoms with Crippen molar-refractivity contribution >= 4 is 40.5 Å². The standard InChI is InChI=1S/C16H14Cl2N2O/c17-11-3-6-14(13(18)9-11)20-15(21)16(7-8-16)10-1-4-12(19)5-2-10/h1-6,9H,7-8,19H2,(H,20,21). The lowest BCUT2D eigenvalue weighted by atomic mass is 9.94. The molecule has 2 aromatic rings. The summed E-state index contributed by atoms with van der Waals surface area (Å²) >= 11 is 12.0. The molecule has 0 heterocycles. The number of hydrogen-bond acceptors (Lipinski definition) is 2. The Morgan fingerprint density at radius 3 is 2.33 bits per heavy atom. The number of halogens is 2. The number of amides is 1. The molecule has 3 nitrogen and oxygen atoms in total. The molecule has 0 aliphatic heterocycles. The Balaban J connectivity index is 1.83. The van der Waals surface area contributed by atoms with Gasteiger partial charge in [-0.3, -0.25) is 4.79 Å². The first kappa shape index (κ1) is 14.2. The van der Waals surface area contributed by atoms with Crippen molar-refractivity contribution in [1.29, 1.82) is 0 Å². The van der Waals surface area contributed by atoms with Crippen molar-refractivity contribution in [1.82, 2.24) is 0 Å². The van der Waals surface area contributed by atoms with Gasteiger partial charge in [0.2, 0.25) is 5.91 Å². The van der Waals surface area contributed by atoms with Crippen molar-refractivity contribution in [2.75, 3.05) is 11.1 Å². The van der Waals surface area contributed by atoms with Crippen LogP contribution in [0.5, 0.6) is 0 Å². The Morgan fingerprint density at radius 2 is 1.76 bits per heavy atom. The molecule has 5 heteroatoms. The predicted octanol–water partition coefficient (Wildman–Crippen LogP) is 4.25. The topological polar surface area (TPSA) is 55.1 Å². The zero-order valence-electron chi connectivity index (χ0n) is 11.2. The Kier molecular flexibility index (Phi) is 3.56. The summed E-state index contributed by atoms with van der Waals surface area (Å²) in [6, 6.07) is 12.5. The summed E-state index contributed by atoms with van der Waals surface area (Å²) in [5.74, 6) is -0.0449. The maximum absolute atomic E-state index is 12.6. The normalized spacial score (nSPS) is 15.5. The quantitative estimate of drug-likeness (QED) is 0.831. The third-order valence-corrected chi connectivity index (χ3v) is 4.38. The third-order valence-electron chi connectivity index (χ3n) is 3.83. The summed E-state index contributed by atoms with van der Waals surface area (Å²) in [7, 11) is 0. The minimum Gasteiger partial charge on any atom is -0.399 e.